The van der Waals surface area contributed by atoms with Crippen molar-refractivity contribution < 1.29 is 9.13 Å². The van der Waals surface area contributed by atoms with Crippen molar-refractivity contribution in [3.63, 3.8) is 0 Å². The van der Waals surface area contributed by atoms with E-state index in [1.807, 2.05) is 10.9 Å². The molecule has 1 aromatic carbocycles. The summed E-state index contributed by atoms with van der Waals surface area (Å²) in [5.41, 5.74) is 0.699. The third-order valence-corrected chi connectivity index (χ3v) is 2.90. The first-order valence-corrected chi connectivity index (χ1v) is 5.81. The molecule has 0 radical (unpaired) electrons. The fraction of sp³-hybridized carbons (Fsp3) is 0.333. The van der Waals surface area contributed by atoms with E-state index in [2.05, 4.69) is 15.6 Å². The molecule has 94 valence electrons. The molecule has 0 atom stereocenters. The smallest absolute Gasteiger partial charge is 0.165 e. The normalized spacial score (nSPS) is 15.4. The molecule has 6 heteroatoms. The van der Waals surface area contributed by atoms with Crippen LogP contribution < -0.4 is 10.1 Å². The highest BCUT2D eigenvalue weighted by Crippen LogP contribution is 2.17. The van der Waals surface area contributed by atoms with E-state index in [1.54, 1.807) is 18.2 Å². The number of hydrogen-bond acceptors (Lipinski definition) is 4. The van der Waals surface area contributed by atoms with Crippen LogP contribution >= 0.6 is 0 Å². The molecule has 0 amide bonds. The Morgan fingerprint density at radius 3 is 2.94 bits per heavy atom. The Bertz CT molecular complexity index is 538. The second kappa shape index (κ2) is 4.73. The third kappa shape index (κ3) is 2.19. The zero-order valence-corrected chi connectivity index (χ0v) is 9.71. The number of ether oxygens (including phenoxy) is 1. The number of rotatable bonds is 4. The number of aromatic nitrogens is 3. The minimum Gasteiger partial charge on any atom is -0.484 e. The molecular weight excluding hydrogens is 235 g/mol. The fourth-order valence-corrected chi connectivity index (χ4v) is 1.73. The van der Waals surface area contributed by atoms with E-state index in [1.165, 1.54) is 6.07 Å². The molecule has 1 N–H and O–H groups in total. The summed E-state index contributed by atoms with van der Waals surface area (Å²) in [7, 11) is 0. The quantitative estimate of drug-likeness (QED) is 0.881. The minimum atomic E-state index is -0.368. The molecule has 1 aliphatic rings. The lowest BCUT2D eigenvalue weighted by Gasteiger charge is -2.26. The monoisotopic (exact) mass is 248 g/mol. The number of nitrogens with zero attached hydrogens (tertiary/aromatic N) is 3. The molecule has 5 nitrogen and oxygen atoms in total. The van der Waals surface area contributed by atoms with E-state index in [0.29, 0.717) is 11.7 Å². The van der Waals surface area contributed by atoms with Gasteiger partial charge in [-0.05, 0) is 12.1 Å². The molecule has 18 heavy (non-hydrogen) atoms. The highest BCUT2D eigenvalue weighted by molar-refractivity contribution is 5.23. The molecule has 0 unspecified atom stereocenters. The van der Waals surface area contributed by atoms with Crippen molar-refractivity contribution in [3.8, 4) is 5.75 Å². The van der Waals surface area contributed by atoms with Gasteiger partial charge >= 0.3 is 0 Å². The van der Waals surface area contributed by atoms with Gasteiger partial charge in [0.25, 0.3) is 0 Å². The van der Waals surface area contributed by atoms with E-state index in [-0.39, 0.29) is 18.2 Å². The van der Waals surface area contributed by atoms with Gasteiger partial charge in [0.1, 0.15) is 12.3 Å². The van der Waals surface area contributed by atoms with Crippen molar-refractivity contribution in [2.24, 2.45) is 0 Å². The van der Waals surface area contributed by atoms with Crippen LogP contribution in [-0.4, -0.2) is 28.1 Å². The van der Waals surface area contributed by atoms with Crippen LogP contribution in [0.3, 0.4) is 0 Å². The number of halogens is 1. The van der Waals surface area contributed by atoms with Crippen LogP contribution in [0.4, 0.5) is 4.39 Å². The van der Waals surface area contributed by atoms with E-state index >= 15 is 0 Å². The molecule has 1 saturated heterocycles. The van der Waals surface area contributed by atoms with Gasteiger partial charge < -0.3 is 10.1 Å². The lowest BCUT2D eigenvalue weighted by Crippen LogP contribution is -2.43. The summed E-state index contributed by atoms with van der Waals surface area (Å²) >= 11 is 0. The first kappa shape index (κ1) is 11.2. The predicted molar refractivity (Wildman–Crippen MR) is 62.7 cm³/mol. The topological polar surface area (TPSA) is 52.0 Å². The largest absolute Gasteiger partial charge is 0.484 e. The number of hydrogen-bond donors (Lipinski definition) is 1. The summed E-state index contributed by atoms with van der Waals surface area (Å²) < 4.78 is 20.5. The molecule has 0 aliphatic carbocycles. The third-order valence-electron chi connectivity index (χ3n) is 2.90. The van der Waals surface area contributed by atoms with Gasteiger partial charge in [0.2, 0.25) is 0 Å². The minimum absolute atomic E-state index is 0.223. The molecule has 0 saturated carbocycles. The molecule has 2 aromatic rings. The van der Waals surface area contributed by atoms with Gasteiger partial charge in [-0.1, -0.05) is 17.3 Å². The predicted octanol–water partition coefficient (Wildman–Crippen LogP) is 1.14. The van der Waals surface area contributed by atoms with Crippen molar-refractivity contribution in [1.82, 2.24) is 20.3 Å². The van der Waals surface area contributed by atoms with Crippen LogP contribution in [0.25, 0.3) is 0 Å². The lowest BCUT2D eigenvalue weighted by molar-refractivity contribution is 0.285. The summed E-state index contributed by atoms with van der Waals surface area (Å²) in [6, 6.07) is 6.69. The summed E-state index contributed by atoms with van der Waals surface area (Å²) in [4.78, 5) is 0. The highest BCUT2D eigenvalue weighted by Gasteiger charge is 2.20. The average Bonchev–Trinajstić information content (AvgIpc) is 2.74. The van der Waals surface area contributed by atoms with Crippen LogP contribution in [0, 0.1) is 5.82 Å². The Kier molecular flexibility index (Phi) is 2.93. The molecule has 3 rings (SSSR count). The van der Waals surface area contributed by atoms with Gasteiger partial charge in [0, 0.05) is 13.1 Å². The molecule has 0 bridgehead atoms. The Morgan fingerprint density at radius 2 is 2.22 bits per heavy atom. The Labute approximate surface area is 104 Å². The maximum atomic E-state index is 13.3. The molecule has 1 fully saturated rings. The molecular formula is C12H13FN4O. The lowest BCUT2D eigenvalue weighted by atomic mass is 10.2. The van der Waals surface area contributed by atoms with Crippen molar-refractivity contribution in [2.45, 2.75) is 12.6 Å². The van der Waals surface area contributed by atoms with Crippen molar-refractivity contribution in [2.75, 3.05) is 13.1 Å². The Balaban J connectivity index is 1.63. The van der Waals surface area contributed by atoms with Gasteiger partial charge in [0.15, 0.2) is 11.6 Å². The van der Waals surface area contributed by atoms with Gasteiger partial charge in [-0.25, -0.2) is 9.07 Å². The Hall–Kier alpha value is -1.95. The van der Waals surface area contributed by atoms with E-state index in [9.17, 15) is 4.39 Å². The first-order chi connectivity index (χ1) is 8.83. The zero-order valence-electron chi connectivity index (χ0n) is 9.71. The Morgan fingerprint density at radius 1 is 1.39 bits per heavy atom. The fourth-order valence-electron chi connectivity index (χ4n) is 1.73. The maximum Gasteiger partial charge on any atom is 0.165 e. The van der Waals surface area contributed by atoms with Crippen molar-refractivity contribution in [3.05, 3.63) is 42.0 Å². The average molecular weight is 248 g/mol. The van der Waals surface area contributed by atoms with Crippen LogP contribution in [0.1, 0.15) is 11.7 Å². The van der Waals surface area contributed by atoms with Crippen LogP contribution in [0.15, 0.2) is 30.5 Å². The SMILES string of the molecule is Fc1ccccc1OCc1cn(C2CNC2)nn1. The van der Waals surface area contributed by atoms with E-state index in [4.69, 9.17) is 4.74 Å². The van der Waals surface area contributed by atoms with Gasteiger partial charge in [-0.3, -0.25) is 0 Å². The molecule has 2 heterocycles. The molecule has 1 aliphatic heterocycles. The summed E-state index contributed by atoms with van der Waals surface area (Å²) in [5.74, 6) is -0.134. The van der Waals surface area contributed by atoms with Crippen LogP contribution in [-0.2, 0) is 6.61 Å². The molecule has 1 aromatic heterocycles. The van der Waals surface area contributed by atoms with Crippen molar-refractivity contribution >= 4 is 0 Å². The van der Waals surface area contributed by atoms with E-state index < -0.39 is 0 Å². The molecule has 0 spiro atoms. The van der Waals surface area contributed by atoms with E-state index in [0.717, 1.165) is 13.1 Å². The summed E-state index contributed by atoms with van der Waals surface area (Å²) in [5, 5.41) is 11.2. The van der Waals surface area contributed by atoms with Gasteiger partial charge in [-0.15, -0.1) is 5.10 Å². The zero-order chi connectivity index (χ0) is 12.4. The van der Waals surface area contributed by atoms with Crippen LogP contribution in [0.5, 0.6) is 5.75 Å². The second-order valence-electron chi connectivity index (χ2n) is 4.22. The number of para-hydroxylation sites is 1. The van der Waals surface area contributed by atoms with Crippen molar-refractivity contribution in [1.29, 1.82) is 0 Å². The summed E-state index contributed by atoms with van der Waals surface area (Å²) in [6.45, 7) is 2.05. The highest BCUT2D eigenvalue weighted by atomic mass is 19.1. The second-order valence-corrected chi connectivity index (χ2v) is 4.22. The maximum absolute atomic E-state index is 13.3. The number of nitrogens with one attached hydrogen (secondary N) is 1. The first-order valence-electron chi connectivity index (χ1n) is 5.81. The van der Waals surface area contributed by atoms with Gasteiger partial charge in [0.05, 0.1) is 12.2 Å². The van der Waals surface area contributed by atoms with Gasteiger partial charge in [-0.2, -0.15) is 0 Å². The standard InChI is InChI=1S/C12H13FN4O/c13-11-3-1-2-4-12(11)18-8-9-7-17(16-15-9)10-5-14-6-10/h1-4,7,10,14H,5-6,8H2. The van der Waals surface area contributed by atoms with Crippen LogP contribution in [0.2, 0.25) is 0 Å². The number of benzene rings is 1. The summed E-state index contributed by atoms with van der Waals surface area (Å²) in [6.07, 6.45) is 1.84.